The van der Waals surface area contributed by atoms with Crippen LogP contribution in [-0.2, 0) is 0 Å². The van der Waals surface area contributed by atoms with Crippen LogP contribution in [0.1, 0.15) is 9.75 Å². The van der Waals surface area contributed by atoms with E-state index in [-0.39, 0.29) is 0 Å². The lowest BCUT2D eigenvalue weighted by atomic mass is 10.1. The number of thiophene rings is 1. The van der Waals surface area contributed by atoms with Crippen molar-refractivity contribution >= 4 is 40.5 Å². The van der Waals surface area contributed by atoms with Gasteiger partial charge in [-0.25, -0.2) is 4.79 Å². The minimum absolute atomic E-state index is 0.575. The smallest absolute Gasteiger partial charge is 0.316 e. The lowest BCUT2D eigenvalue weighted by Gasteiger charge is -2.01. The van der Waals surface area contributed by atoms with Gasteiger partial charge in [-0.3, -0.25) is 0 Å². The van der Waals surface area contributed by atoms with E-state index in [1.807, 2.05) is 24.3 Å². The number of azo groups is 1. The zero-order valence-corrected chi connectivity index (χ0v) is 12.6. The Bertz CT molecular complexity index is 997. The second-order valence-electron chi connectivity index (χ2n) is 5.12. The van der Waals surface area contributed by atoms with Gasteiger partial charge >= 0.3 is 6.03 Å². The Morgan fingerprint density at radius 3 is 2.73 bits per heavy atom. The normalized spacial score (nSPS) is 14.9. The Hall–Kier alpha value is -2.73. The number of nitrogens with two attached hydrogens (primary N) is 1. The summed E-state index contributed by atoms with van der Waals surface area (Å²) in [4.78, 5) is 13.5. The highest BCUT2D eigenvalue weighted by molar-refractivity contribution is 7.13. The highest BCUT2D eigenvalue weighted by atomic mass is 32.1. The van der Waals surface area contributed by atoms with Crippen LogP contribution in [0.25, 0.3) is 17.5 Å². The van der Waals surface area contributed by atoms with Crippen molar-refractivity contribution < 1.29 is 4.79 Å². The first-order chi connectivity index (χ1) is 10.6. The van der Waals surface area contributed by atoms with Gasteiger partial charge in [0.1, 0.15) is 11.4 Å². The number of carbonyl (C=O) groups is 1. The quantitative estimate of drug-likeness (QED) is 0.877. The highest BCUT2D eigenvalue weighted by Gasteiger charge is 2.24. The summed E-state index contributed by atoms with van der Waals surface area (Å²) in [5, 5.41) is 13.2. The van der Waals surface area contributed by atoms with Crippen molar-refractivity contribution in [1.29, 1.82) is 0 Å². The summed E-state index contributed by atoms with van der Waals surface area (Å²) in [6.07, 6.45) is 2.01. The lowest BCUT2D eigenvalue weighted by Crippen LogP contribution is -2.30. The van der Waals surface area contributed by atoms with Crippen molar-refractivity contribution in [3.05, 3.63) is 56.1 Å². The van der Waals surface area contributed by atoms with Crippen LogP contribution in [-0.4, -0.2) is 6.03 Å². The first kappa shape index (κ1) is 13.0. The number of primary amides is 1. The molecule has 5 nitrogen and oxygen atoms in total. The summed E-state index contributed by atoms with van der Waals surface area (Å²) in [6.45, 7) is 2.07. The number of carbonyl (C=O) groups excluding carboxylic acids is 1. The third-order valence-corrected chi connectivity index (χ3v) is 4.65. The van der Waals surface area contributed by atoms with Crippen LogP contribution in [0.15, 0.2) is 46.1 Å². The molecular formula is C16H12N4OS. The van der Waals surface area contributed by atoms with Gasteiger partial charge in [0.2, 0.25) is 0 Å². The molecule has 1 aliphatic carbocycles. The standard InChI is InChI=1S/C16H12N4OS/c1-8-5-6-13(22-8)15-11-7-10-9(14(11)19-20-15)3-2-4-12(10)18-16(17)21/h2-7H,1H3,(H3,17,18,21). The van der Waals surface area contributed by atoms with Crippen LogP contribution in [0.3, 0.4) is 0 Å². The molecule has 6 heteroatoms. The van der Waals surface area contributed by atoms with E-state index in [1.54, 1.807) is 11.3 Å². The Labute approximate surface area is 130 Å². The van der Waals surface area contributed by atoms with Crippen LogP contribution in [0, 0.1) is 6.92 Å². The number of nitrogens with one attached hydrogen (secondary N) is 1. The van der Waals surface area contributed by atoms with Gasteiger partial charge in [0.25, 0.3) is 0 Å². The molecular weight excluding hydrogens is 296 g/mol. The number of hydrogen-bond acceptors (Lipinski definition) is 4. The van der Waals surface area contributed by atoms with E-state index in [0.29, 0.717) is 5.69 Å². The fourth-order valence-electron chi connectivity index (χ4n) is 2.71. The van der Waals surface area contributed by atoms with E-state index < -0.39 is 6.03 Å². The molecule has 2 aromatic rings. The van der Waals surface area contributed by atoms with Gasteiger partial charge < -0.3 is 11.1 Å². The molecule has 4 rings (SSSR count). The molecule has 0 unspecified atom stereocenters. The SMILES string of the molecule is Cc1ccc(C2=C3C=c4c(NC(N)=O)cccc4=C3N=N2)s1. The first-order valence-corrected chi connectivity index (χ1v) is 7.60. The molecule has 0 saturated heterocycles. The van der Waals surface area contributed by atoms with Gasteiger partial charge in [-0.2, -0.15) is 0 Å². The Balaban J connectivity index is 1.95. The molecule has 3 N–H and O–H groups in total. The molecule has 1 aromatic heterocycles. The topological polar surface area (TPSA) is 79.8 Å². The molecule has 0 spiro atoms. The summed E-state index contributed by atoms with van der Waals surface area (Å²) < 4.78 is 0. The molecule has 0 radical (unpaired) electrons. The van der Waals surface area contributed by atoms with Crippen molar-refractivity contribution in [3.8, 4) is 0 Å². The third kappa shape index (κ3) is 1.88. The average molecular weight is 308 g/mol. The van der Waals surface area contributed by atoms with Crippen LogP contribution >= 0.6 is 11.3 Å². The third-order valence-electron chi connectivity index (χ3n) is 3.64. The minimum atomic E-state index is -0.575. The molecule has 108 valence electrons. The fourth-order valence-corrected chi connectivity index (χ4v) is 3.58. The highest BCUT2D eigenvalue weighted by Crippen LogP contribution is 2.37. The minimum Gasteiger partial charge on any atom is -0.351 e. The largest absolute Gasteiger partial charge is 0.351 e. The number of fused-ring (bicyclic) bond motifs is 2. The predicted molar refractivity (Wildman–Crippen MR) is 87.6 cm³/mol. The molecule has 1 aromatic carbocycles. The zero-order valence-electron chi connectivity index (χ0n) is 11.8. The summed E-state index contributed by atoms with van der Waals surface area (Å²) in [7, 11) is 0. The molecule has 0 atom stereocenters. The van der Waals surface area contributed by atoms with E-state index in [4.69, 9.17) is 5.73 Å². The van der Waals surface area contributed by atoms with Gasteiger partial charge in [-0.15, -0.1) is 21.6 Å². The number of nitrogens with zero attached hydrogens (tertiary/aromatic N) is 2. The maximum Gasteiger partial charge on any atom is 0.316 e. The number of aryl methyl sites for hydroxylation is 1. The number of amides is 2. The van der Waals surface area contributed by atoms with E-state index in [1.165, 1.54) is 4.88 Å². The van der Waals surface area contributed by atoms with E-state index in [0.717, 1.165) is 32.3 Å². The second-order valence-corrected chi connectivity index (χ2v) is 6.41. The maximum atomic E-state index is 11.1. The zero-order chi connectivity index (χ0) is 15.3. The maximum absolute atomic E-state index is 11.1. The Morgan fingerprint density at radius 1 is 1.18 bits per heavy atom. The number of rotatable bonds is 2. The van der Waals surface area contributed by atoms with Gasteiger partial charge in [0.15, 0.2) is 0 Å². The molecule has 22 heavy (non-hydrogen) atoms. The van der Waals surface area contributed by atoms with Gasteiger partial charge in [-0.05, 0) is 31.2 Å². The van der Waals surface area contributed by atoms with Gasteiger partial charge in [-0.1, -0.05) is 12.1 Å². The number of hydrogen-bond donors (Lipinski definition) is 2. The van der Waals surface area contributed by atoms with E-state index in [9.17, 15) is 4.79 Å². The molecule has 2 heterocycles. The number of urea groups is 1. The van der Waals surface area contributed by atoms with Crippen LogP contribution in [0.2, 0.25) is 0 Å². The molecule has 0 fully saturated rings. The fraction of sp³-hybridized carbons (Fsp3) is 0.0625. The molecule has 1 aliphatic heterocycles. The summed E-state index contributed by atoms with van der Waals surface area (Å²) in [5.74, 6) is 0. The van der Waals surface area contributed by atoms with Crippen LogP contribution < -0.4 is 21.5 Å². The summed E-state index contributed by atoms with van der Waals surface area (Å²) in [6, 6.07) is 9.23. The van der Waals surface area contributed by atoms with Gasteiger partial charge in [0.05, 0.1) is 10.6 Å². The van der Waals surface area contributed by atoms with E-state index >= 15 is 0 Å². The second kappa shape index (κ2) is 4.64. The summed E-state index contributed by atoms with van der Waals surface area (Å²) >= 11 is 1.69. The van der Waals surface area contributed by atoms with Crippen LogP contribution in [0.5, 0.6) is 0 Å². The Morgan fingerprint density at radius 2 is 2.00 bits per heavy atom. The molecule has 2 amide bonds. The van der Waals surface area contributed by atoms with E-state index in [2.05, 4.69) is 34.6 Å². The number of anilines is 1. The van der Waals surface area contributed by atoms with Crippen molar-refractivity contribution in [3.63, 3.8) is 0 Å². The van der Waals surface area contributed by atoms with Crippen molar-refractivity contribution in [2.75, 3.05) is 5.32 Å². The van der Waals surface area contributed by atoms with Crippen LogP contribution in [0.4, 0.5) is 10.5 Å². The van der Waals surface area contributed by atoms with Crippen molar-refractivity contribution in [2.24, 2.45) is 16.0 Å². The van der Waals surface area contributed by atoms with Gasteiger partial charge in [0, 0.05) is 20.9 Å². The first-order valence-electron chi connectivity index (χ1n) is 6.78. The monoisotopic (exact) mass is 308 g/mol. The van der Waals surface area contributed by atoms with Crippen molar-refractivity contribution in [2.45, 2.75) is 6.92 Å². The number of benzene rings is 1. The predicted octanol–water partition coefficient (Wildman–Crippen LogP) is 2.33. The van der Waals surface area contributed by atoms with Crippen molar-refractivity contribution in [1.82, 2.24) is 0 Å². The molecule has 0 saturated carbocycles. The lowest BCUT2D eigenvalue weighted by molar-refractivity contribution is 0.259. The summed E-state index contributed by atoms with van der Waals surface area (Å²) in [5.41, 5.74) is 8.65. The Kier molecular flexibility index (Phi) is 2.74. The molecule has 2 aliphatic rings. The average Bonchev–Trinajstić information content (AvgIpc) is 3.13. The molecule has 0 bridgehead atoms.